The maximum absolute atomic E-state index is 4.05. The van der Waals surface area contributed by atoms with E-state index in [-0.39, 0.29) is 0 Å². The van der Waals surface area contributed by atoms with Crippen molar-refractivity contribution < 1.29 is 0 Å². The lowest BCUT2D eigenvalue weighted by Crippen LogP contribution is -2.45. The Hall–Kier alpha value is -0.0400. The Bertz CT molecular complexity index is 279. The molecular formula is C19H35N. The van der Waals surface area contributed by atoms with E-state index < -0.39 is 0 Å². The zero-order valence-electron chi connectivity index (χ0n) is 13.6. The molecule has 0 radical (unpaired) electrons. The molecule has 0 amide bonds. The van der Waals surface area contributed by atoms with E-state index in [2.05, 4.69) is 12.2 Å². The lowest BCUT2D eigenvalue weighted by Gasteiger charge is -2.41. The molecule has 3 aliphatic carbocycles. The predicted molar refractivity (Wildman–Crippen MR) is 86.9 cm³/mol. The number of nitrogens with one attached hydrogen (secondary N) is 1. The van der Waals surface area contributed by atoms with E-state index in [0.29, 0.717) is 0 Å². The van der Waals surface area contributed by atoms with Gasteiger partial charge < -0.3 is 5.32 Å². The summed E-state index contributed by atoms with van der Waals surface area (Å²) in [5.74, 6) is 3.22. The molecular weight excluding hydrogens is 242 g/mol. The fraction of sp³-hybridized carbons (Fsp3) is 1.00. The van der Waals surface area contributed by atoms with Gasteiger partial charge in [-0.15, -0.1) is 0 Å². The highest BCUT2D eigenvalue weighted by Gasteiger charge is 2.33. The van der Waals surface area contributed by atoms with Crippen LogP contribution in [0.4, 0.5) is 0 Å². The molecule has 0 aromatic rings. The first-order chi connectivity index (χ1) is 9.85. The Labute approximate surface area is 126 Å². The van der Waals surface area contributed by atoms with Crippen LogP contribution in [0.25, 0.3) is 0 Å². The van der Waals surface area contributed by atoms with Crippen LogP contribution in [0.2, 0.25) is 0 Å². The molecule has 3 rings (SSSR count). The normalized spacial score (nSPS) is 42.1. The van der Waals surface area contributed by atoms with Crippen molar-refractivity contribution in [2.75, 3.05) is 0 Å². The number of fused-ring (bicyclic) bond motifs is 1. The SMILES string of the molecule is CCCC1CCC(NC2CCC3CCCCC3C2)CC1. The van der Waals surface area contributed by atoms with Crippen LogP contribution in [-0.2, 0) is 0 Å². The van der Waals surface area contributed by atoms with Gasteiger partial charge in [-0.2, -0.15) is 0 Å². The highest BCUT2D eigenvalue weighted by atomic mass is 15.0. The Morgan fingerprint density at radius 1 is 0.750 bits per heavy atom. The molecule has 0 saturated heterocycles. The second-order valence-corrected chi connectivity index (χ2v) is 7.99. The van der Waals surface area contributed by atoms with E-state index >= 15 is 0 Å². The van der Waals surface area contributed by atoms with Gasteiger partial charge in [-0.1, -0.05) is 45.4 Å². The van der Waals surface area contributed by atoms with Crippen molar-refractivity contribution in [1.29, 1.82) is 0 Å². The standard InChI is InChI=1S/C19H35N/c1-2-5-15-8-11-18(12-9-15)20-19-13-10-16-6-3-4-7-17(16)14-19/h15-20H,2-14H2,1H3. The van der Waals surface area contributed by atoms with E-state index in [1.165, 1.54) is 77.0 Å². The molecule has 0 spiro atoms. The van der Waals surface area contributed by atoms with Crippen LogP contribution in [0, 0.1) is 17.8 Å². The van der Waals surface area contributed by atoms with Gasteiger partial charge in [-0.25, -0.2) is 0 Å². The van der Waals surface area contributed by atoms with E-state index in [9.17, 15) is 0 Å². The van der Waals surface area contributed by atoms with Crippen LogP contribution in [-0.4, -0.2) is 12.1 Å². The molecule has 3 atom stereocenters. The van der Waals surface area contributed by atoms with Gasteiger partial charge in [0.05, 0.1) is 0 Å². The van der Waals surface area contributed by atoms with Crippen LogP contribution in [0.15, 0.2) is 0 Å². The van der Waals surface area contributed by atoms with Crippen molar-refractivity contribution in [3.63, 3.8) is 0 Å². The van der Waals surface area contributed by atoms with Crippen LogP contribution < -0.4 is 5.32 Å². The molecule has 0 heterocycles. The average Bonchev–Trinajstić information content (AvgIpc) is 2.49. The van der Waals surface area contributed by atoms with Gasteiger partial charge >= 0.3 is 0 Å². The lowest BCUT2D eigenvalue weighted by atomic mass is 9.69. The van der Waals surface area contributed by atoms with E-state index in [1.807, 2.05) is 0 Å². The fourth-order valence-corrected chi connectivity index (χ4v) is 5.38. The second-order valence-electron chi connectivity index (χ2n) is 7.99. The van der Waals surface area contributed by atoms with Crippen molar-refractivity contribution in [1.82, 2.24) is 5.32 Å². The van der Waals surface area contributed by atoms with Gasteiger partial charge in [-0.3, -0.25) is 0 Å². The van der Waals surface area contributed by atoms with Gasteiger partial charge in [-0.05, 0) is 62.7 Å². The summed E-state index contributed by atoms with van der Waals surface area (Å²) in [6.07, 6.45) is 19.3. The maximum atomic E-state index is 4.05. The number of rotatable bonds is 4. The first kappa shape index (κ1) is 14.9. The van der Waals surface area contributed by atoms with Crippen LogP contribution in [0.5, 0.6) is 0 Å². The van der Waals surface area contributed by atoms with Gasteiger partial charge in [0.1, 0.15) is 0 Å². The molecule has 3 aliphatic rings. The highest BCUT2D eigenvalue weighted by Crippen LogP contribution is 2.41. The molecule has 0 aliphatic heterocycles. The summed E-state index contributed by atoms with van der Waals surface area (Å²) in [7, 11) is 0. The van der Waals surface area contributed by atoms with Crippen LogP contribution in [0.3, 0.4) is 0 Å². The molecule has 0 aromatic heterocycles. The van der Waals surface area contributed by atoms with Gasteiger partial charge in [0, 0.05) is 12.1 Å². The Morgan fingerprint density at radius 2 is 1.45 bits per heavy atom. The Kier molecular flexibility index (Phi) is 5.42. The lowest BCUT2D eigenvalue weighted by molar-refractivity contribution is 0.131. The fourth-order valence-electron chi connectivity index (χ4n) is 5.38. The Balaban J connectivity index is 1.40. The minimum absolute atomic E-state index is 0.855. The van der Waals surface area contributed by atoms with Crippen molar-refractivity contribution in [2.24, 2.45) is 17.8 Å². The highest BCUT2D eigenvalue weighted by molar-refractivity contribution is 4.88. The molecule has 3 unspecified atom stereocenters. The summed E-state index contributed by atoms with van der Waals surface area (Å²) in [4.78, 5) is 0. The van der Waals surface area contributed by atoms with Crippen molar-refractivity contribution >= 4 is 0 Å². The van der Waals surface area contributed by atoms with E-state index in [4.69, 9.17) is 0 Å². The largest absolute Gasteiger partial charge is 0.311 e. The topological polar surface area (TPSA) is 12.0 Å². The summed E-state index contributed by atoms with van der Waals surface area (Å²) < 4.78 is 0. The molecule has 3 saturated carbocycles. The quantitative estimate of drug-likeness (QED) is 0.736. The summed E-state index contributed by atoms with van der Waals surface area (Å²) in [5.41, 5.74) is 0. The Morgan fingerprint density at radius 3 is 2.20 bits per heavy atom. The van der Waals surface area contributed by atoms with Crippen LogP contribution in [0.1, 0.15) is 90.4 Å². The zero-order valence-corrected chi connectivity index (χ0v) is 13.6. The van der Waals surface area contributed by atoms with Crippen molar-refractivity contribution in [3.05, 3.63) is 0 Å². The van der Waals surface area contributed by atoms with Crippen molar-refractivity contribution in [3.8, 4) is 0 Å². The molecule has 1 N–H and O–H groups in total. The molecule has 3 fully saturated rings. The van der Waals surface area contributed by atoms with E-state index in [1.54, 1.807) is 6.42 Å². The molecule has 1 nitrogen and oxygen atoms in total. The van der Waals surface area contributed by atoms with Gasteiger partial charge in [0.25, 0.3) is 0 Å². The molecule has 0 bridgehead atoms. The monoisotopic (exact) mass is 277 g/mol. The minimum atomic E-state index is 0.855. The average molecular weight is 277 g/mol. The maximum Gasteiger partial charge on any atom is 0.00724 e. The summed E-state index contributed by atoms with van der Waals surface area (Å²) in [6, 6.07) is 1.72. The zero-order chi connectivity index (χ0) is 13.8. The smallest absolute Gasteiger partial charge is 0.00724 e. The summed E-state index contributed by atoms with van der Waals surface area (Å²) in [5, 5.41) is 4.05. The first-order valence-electron chi connectivity index (χ1n) is 9.61. The van der Waals surface area contributed by atoms with Gasteiger partial charge in [0.15, 0.2) is 0 Å². The number of hydrogen-bond acceptors (Lipinski definition) is 1. The van der Waals surface area contributed by atoms with Crippen LogP contribution >= 0.6 is 0 Å². The molecule has 1 heteroatoms. The summed E-state index contributed by atoms with van der Waals surface area (Å²) >= 11 is 0. The third-order valence-electron chi connectivity index (χ3n) is 6.55. The second kappa shape index (κ2) is 7.29. The molecule has 0 aromatic carbocycles. The first-order valence-corrected chi connectivity index (χ1v) is 9.61. The summed E-state index contributed by atoms with van der Waals surface area (Å²) in [6.45, 7) is 2.34. The third kappa shape index (κ3) is 3.78. The molecule has 116 valence electrons. The minimum Gasteiger partial charge on any atom is -0.311 e. The van der Waals surface area contributed by atoms with Crippen molar-refractivity contribution in [2.45, 2.75) is 102 Å². The van der Waals surface area contributed by atoms with E-state index in [0.717, 1.165) is 29.8 Å². The predicted octanol–water partition coefficient (Wildman–Crippen LogP) is 5.29. The molecule has 20 heavy (non-hydrogen) atoms. The van der Waals surface area contributed by atoms with Gasteiger partial charge in [0.2, 0.25) is 0 Å². The third-order valence-corrected chi connectivity index (χ3v) is 6.55. The number of hydrogen-bond donors (Lipinski definition) is 1.